The molecule has 0 aliphatic carbocycles. The zero-order valence-corrected chi connectivity index (χ0v) is 14.3. The lowest BCUT2D eigenvalue weighted by molar-refractivity contribution is -0.121. The van der Waals surface area contributed by atoms with Crippen molar-refractivity contribution in [3.63, 3.8) is 0 Å². The molecule has 0 radical (unpaired) electrons. The first kappa shape index (κ1) is 17.0. The summed E-state index contributed by atoms with van der Waals surface area (Å²) >= 11 is 7.23. The van der Waals surface area contributed by atoms with E-state index in [1.54, 1.807) is 0 Å². The van der Waals surface area contributed by atoms with E-state index in [-0.39, 0.29) is 17.1 Å². The molecule has 2 rings (SSSR count). The van der Waals surface area contributed by atoms with E-state index in [2.05, 4.69) is 19.9 Å². The lowest BCUT2D eigenvalue weighted by atomic mass is 10.1. The van der Waals surface area contributed by atoms with Crippen molar-refractivity contribution in [2.45, 2.75) is 38.6 Å². The summed E-state index contributed by atoms with van der Waals surface area (Å²) in [5.41, 5.74) is 0. The number of carbonyl (C=O) groups excluding carboxylic acids is 2. The first-order valence-electron chi connectivity index (χ1n) is 7.34. The zero-order chi connectivity index (χ0) is 16.1. The third-order valence-electron chi connectivity index (χ3n) is 3.48. The maximum absolute atomic E-state index is 11.7. The number of ether oxygens (including phenoxy) is 1. The maximum Gasteiger partial charge on any atom is 0.351 e. The van der Waals surface area contributed by atoms with Gasteiger partial charge in [-0.3, -0.25) is 4.79 Å². The van der Waals surface area contributed by atoms with Gasteiger partial charge in [0, 0.05) is 25.6 Å². The van der Waals surface area contributed by atoms with Crippen LogP contribution in [-0.2, 0) is 9.53 Å². The van der Waals surface area contributed by atoms with Crippen molar-refractivity contribution in [3.05, 3.63) is 10.0 Å². The minimum atomic E-state index is -0.474. The molecular formula is C14H20ClN3O3S. The van der Waals surface area contributed by atoms with E-state index >= 15 is 0 Å². The number of anilines is 1. The lowest BCUT2D eigenvalue weighted by Crippen LogP contribution is -2.47. The van der Waals surface area contributed by atoms with E-state index < -0.39 is 5.97 Å². The van der Waals surface area contributed by atoms with Gasteiger partial charge >= 0.3 is 5.97 Å². The fraction of sp³-hybridized carbons (Fsp3) is 0.643. The number of aromatic nitrogens is 1. The molecule has 1 aliphatic heterocycles. The average molecular weight is 346 g/mol. The average Bonchev–Trinajstić information content (AvgIpc) is 2.89. The number of nitrogens with one attached hydrogen (secondary N) is 1. The number of esters is 1. The van der Waals surface area contributed by atoms with Crippen molar-refractivity contribution in [1.82, 2.24) is 10.3 Å². The first-order chi connectivity index (χ1) is 10.5. The van der Waals surface area contributed by atoms with Crippen LogP contribution in [0.4, 0.5) is 5.13 Å². The van der Waals surface area contributed by atoms with Gasteiger partial charge in [0.15, 0.2) is 15.2 Å². The Kier molecular flexibility index (Phi) is 6.02. The van der Waals surface area contributed by atoms with Crippen molar-refractivity contribution in [2.75, 3.05) is 25.1 Å². The lowest BCUT2D eigenvalue weighted by Gasteiger charge is -2.32. The van der Waals surface area contributed by atoms with Gasteiger partial charge in [0.1, 0.15) is 0 Å². The first-order valence-corrected chi connectivity index (χ1v) is 8.53. The van der Waals surface area contributed by atoms with Crippen LogP contribution in [0.25, 0.3) is 0 Å². The van der Waals surface area contributed by atoms with Crippen LogP contribution < -0.4 is 10.2 Å². The van der Waals surface area contributed by atoms with Crippen molar-refractivity contribution in [3.8, 4) is 0 Å². The van der Waals surface area contributed by atoms with E-state index in [1.807, 2.05) is 6.92 Å². The third kappa shape index (κ3) is 4.10. The molecule has 1 unspecified atom stereocenters. The summed E-state index contributed by atoms with van der Waals surface area (Å²) in [5.74, 6) is -0.389. The summed E-state index contributed by atoms with van der Waals surface area (Å²) in [6.07, 6.45) is 3.30. The standard InChI is InChI=1S/C14H20ClN3O3S/c1-3-5-10(19)16-9-6-4-7-18(8-9)14-17-12(15)11(22-14)13(20)21-2/h9H,3-8H2,1-2H3,(H,16,19). The highest BCUT2D eigenvalue weighted by atomic mass is 35.5. The normalized spacial score (nSPS) is 18.1. The van der Waals surface area contributed by atoms with Crippen molar-refractivity contribution >= 4 is 39.9 Å². The number of amides is 1. The number of halogens is 1. The predicted molar refractivity (Wildman–Crippen MR) is 86.7 cm³/mol. The second-order valence-corrected chi connectivity index (χ2v) is 6.55. The molecule has 1 aromatic heterocycles. The van der Waals surface area contributed by atoms with Gasteiger partial charge in [-0.25, -0.2) is 9.78 Å². The van der Waals surface area contributed by atoms with Crippen LogP contribution in [0.15, 0.2) is 0 Å². The van der Waals surface area contributed by atoms with Gasteiger partial charge in [-0.1, -0.05) is 29.9 Å². The molecule has 1 aliphatic rings. The summed E-state index contributed by atoms with van der Waals surface area (Å²) in [4.78, 5) is 29.9. The van der Waals surface area contributed by atoms with Gasteiger partial charge in [0.25, 0.3) is 0 Å². The second kappa shape index (κ2) is 7.78. The highest BCUT2D eigenvalue weighted by molar-refractivity contribution is 7.18. The topological polar surface area (TPSA) is 71.5 Å². The Morgan fingerprint density at radius 2 is 2.32 bits per heavy atom. The van der Waals surface area contributed by atoms with Gasteiger partial charge in [-0.2, -0.15) is 0 Å². The van der Waals surface area contributed by atoms with E-state index in [1.165, 1.54) is 18.4 Å². The highest BCUT2D eigenvalue weighted by Gasteiger charge is 2.26. The van der Waals surface area contributed by atoms with Crippen LogP contribution in [0.2, 0.25) is 5.15 Å². The molecule has 0 aromatic carbocycles. The minimum absolute atomic E-state index is 0.0850. The van der Waals surface area contributed by atoms with E-state index in [0.717, 1.165) is 25.8 Å². The van der Waals surface area contributed by atoms with Gasteiger partial charge in [-0.15, -0.1) is 0 Å². The summed E-state index contributed by atoms with van der Waals surface area (Å²) < 4.78 is 4.69. The Hall–Kier alpha value is -1.34. The van der Waals surface area contributed by atoms with Crippen molar-refractivity contribution in [2.24, 2.45) is 0 Å². The largest absolute Gasteiger partial charge is 0.465 e. The van der Waals surface area contributed by atoms with E-state index in [0.29, 0.717) is 23.0 Å². The number of carbonyl (C=O) groups is 2. The Morgan fingerprint density at radius 3 is 3.00 bits per heavy atom. The molecular weight excluding hydrogens is 326 g/mol. The Morgan fingerprint density at radius 1 is 1.55 bits per heavy atom. The van der Waals surface area contributed by atoms with E-state index in [9.17, 15) is 9.59 Å². The summed E-state index contributed by atoms with van der Waals surface area (Å²) in [6.45, 7) is 3.50. The van der Waals surface area contributed by atoms with Crippen LogP contribution in [0.5, 0.6) is 0 Å². The second-order valence-electron chi connectivity index (χ2n) is 5.21. The molecule has 0 bridgehead atoms. The molecule has 0 saturated carbocycles. The fourth-order valence-corrected chi connectivity index (χ4v) is 3.67. The summed E-state index contributed by atoms with van der Waals surface area (Å²) in [6, 6.07) is 0.108. The van der Waals surface area contributed by atoms with E-state index in [4.69, 9.17) is 11.6 Å². The van der Waals surface area contributed by atoms with Crippen LogP contribution in [-0.4, -0.2) is 43.1 Å². The molecule has 6 nitrogen and oxygen atoms in total. The molecule has 1 amide bonds. The SMILES string of the molecule is CCCC(=O)NC1CCCN(c2nc(Cl)c(C(=O)OC)s2)C1. The molecule has 0 spiro atoms. The van der Waals surface area contributed by atoms with Crippen molar-refractivity contribution in [1.29, 1.82) is 0 Å². The Bertz CT molecular complexity index is 549. The summed E-state index contributed by atoms with van der Waals surface area (Å²) in [5, 5.41) is 3.91. The molecule has 1 atom stereocenters. The molecule has 1 saturated heterocycles. The molecule has 1 N–H and O–H groups in total. The van der Waals surface area contributed by atoms with Crippen molar-refractivity contribution < 1.29 is 14.3 Å². The Labute approximate surface area is 138 Å². The van der Waals surface area contributed by atoms with Crippen LogP contribution in [0.3, 0.4) is 0 Å². The number of nitrogens with zero attached hydrogens (tertiary/aromatic N) is 2. The minimum Gasteiger partial charge on any atom is -0.465 e. The zero-order valence-electron chi connectivity index (χ0n) is 12.7. The predicted octanol–water partition coefficient (Wildman–Crippen LogP) is 2.47. The number of piperidine rings is 1. The van der Waals surface area contributed by atoms with Gasteiger partial charge in [-0.05, 0) is 19.3 Å². The number of hydrogen-bond donors (Lipinski definition) is 1. The van der Waals surface area contributed by atoms with Gasteiger partial charge in [0.05, 0.1) is 7.11 Å². The third-order valence-corrected chi connectivity index (χ3v) is 4.96. The molecule has 22 heavy (non-hydrogen) atoms. The highest BCUT2D eigenvalue weighted by Crippen LogP contribution is 2.31. The van der Waals surface area contributed by atoms with Gasteiger partial charge in [0.2, 0.25) is 5.91 Å². The number of hydrogen-bond acceptors (Lipinski definition) is 6. The molecule has 1 fully saturated rings. The monoisotopic (exact) mass is 345 g/mol. The quantitative estimate of drug-likeness (QED) is 0.830. The fourth-order valence-electron chi connectivity index (χ4n) is 2.44. The number of thiazole rings is 1. The molecule has 2 heterocycles. The summed E-state index contributed by atoms with van der Waals surface area (Å²) in [7, 11) is 1.32. The molecule has 1 aromatic rings. The maximum atomic E-state index is 11.7. The van der Waals surface area contributed by atoms with Crippen LogP contribution >= 0.6 is 22.9 Å². The Balaban J connectivity index is 2.03. The molecule has 8 heteroatoms. The smallest absolute Gasteiger partial charge is 0.351 e. The van der Waals surface area contributed by atoms with Crippen LogP contribution in [0.1, 0.15) is 42.3 Å². The number of methoxy groups -OCH3 is 1. The van der Waals surface area contributed by atoms with Crippen LogP contribution in [0, 0.1) is 0 Å². The van der Waals surface area contributed by atoms with Gasteiger partial charge < -0.3 is 15.0 Å². The number of rotatable bonds is 5. The molecule has 122 valence electrons.